The molecule has 31 heavy (non-hydrogen) atoms. The van der Waals surface area contributed by atoms with Crippen LogP contribution in [0.3, 0.4) is 0 Å². The number of hydrogen-bond acceptors (Lipinski definition) is 5. The van der Waals surface area contributed by atoms with Gasteiger partial charge in [0, 0.05) is 50.5 Å². The number of benzene rings is 1. The van der Waals surface area contributed by atoms with Gasteiger partial charge < -0.3 is 15.0 Å². The lowest BCUT2D eigenvalue weighted by molar-refractivity contribution is 0.0545. The maximum absolute atomic E-state index is 14.0. The Morgan fingerprint density at radius 1 is 1.00 bits per heavy atom. The molecule has 0 spiro atoms. The molecule has 0 bridgehead atoms. The molecule has 1 saturated carbocycles. The monoisotopic (exact) mass is 432 g/mol. The molecule has 1 N–H and O–H groups in total. The van der Waals surface area contributed by atoms with Crippen molar-refractivity contribution in [3.63, 3.8) is 0 Å². The number of halogens is 3. The molecule has 3 aliphatic rings. The molecular formula is C23H27F3N4O. The molecule has 3 atom stereocenters. The fourth-order valence-corrected chi connectivity index (χ4v) is 5.46. The zero-order valence-corrected chi connectivity index (χ0v) is 17.4. The molecule has 3 heterocycles. The van der Waals surface area contributed by atoms with E-state index in [0.717, 1.165) is 51.1 Å². The Morgan fingerprint density at radius 2 is 1.74 bits per heavy atom. The van der Waals surface area contributed by atoms with Crippen molar-refractivity contribution in [2.75, 3.05) is 38.2 Å². The van der Waals surface area contributed by atoms with Gasteiger partial charge in [-0.25, -0.2) is 13.2 Å². The highest BCUT2D eigenvalue weighted by Crippen LogP contribution is 2.39. The summed E-state index contributed by atoms with van der Waals surface area (Å²) in [5.41, 5.74) is -0.120. The Labute approximate surface area is 180 Å². The van der Waals surface area contributed by atoms with E-state index in [9.17, 15) is 13.2 Å². The number of nitrogens with one attached hydrogen (secondary N) is 1. The number of fused-ring (bicyclic) bond motifs is 1. The lowest BCUT2D eigenvalue weighted by Crippen LogP contribution is -2.32. The largest absolute Gasteiger partial charge is 0.381 e. The van der Waals surface area contributed by atoms with E-state index in [-0.39, 0.29) is 11.3 Å². The highest BCUT2D eigenvalue weighted by molar-refractivity contribution is 5.60. The Hall–Kier alpha value is -2.19. The second kappa shape index (κ2) is 8.74. The second-order valence-electron chi connectivity index (χ2n) is 9.16. The molecular weight excluding hydrogens is 405 g/mol. The SMILES string of the molecule is Fc1cc(F)c(F)c(-c2ccc(N[C@H]3C[C@@H]4CN(CC5CCOCC5)C[C@@H]4C3)nn2)c1. The summed E-state index contributed by atoms with van der Waals surface area (Å²) in [6.07, 6.45) is 4.55. The fourth-order valence-electron chi connectivity index (χ4n) is 5.46. The van der Waals surface area contributed by atoms with E-state index in [4.69, 9.17) is 4.74 Å². The van der Waals surface area contributed by atoms with Gasteiger partial charge in [-0.05, 0) is 61.6 Å². The molecule has 1 aromatic carbocycles. The van der Waals surface area contributed by atoms with Crippen LogP contribution in [0.25, 0.3) is 11.3 Å². The van der Waals surface area contributed by atoms with Crippen LogP contribution < -0.4 is 5.32 Å². The molecule has 0 unspecified atom stereocenters. The molecule has 2 aliphatic heterocycles. The molecule has 5 rings (SSSR count). The average molecular weight is 432 g/mol. The van der Waals surface area contributed by atoms with Gasteiger partial charge in [-0.2, -0.15) is 0 Å². The zero-order chi connectivity index (χ0) is 21.4. The van der Waals surface area contributed by atoms with Crippen LogP contribution in [0.2, 0.25) is 0 Å². The van der Waals surface area contributed by atoms with Crippen LogP contribution >= 0.6 is 0 Å². The van der Waals surface area contributed by atoms with E-state index in [1.165, 1.54) is 25.5 Å². The Morgan fingerprint density at radius 3 is 2.42 bits per heavy atom. The maximum Gasteiger partial charge on any atom is 0.168 e. The van der Waals surface area contributed by atoms with Gasteiger partial charge in [0.15, 0.2) is 11.6 Å². The van der Waals surface area contributed by atoms with Crippen LogP contribution in [0.15, 0.2) is 24.3 Å². The molecule has 1 aliphatic carbocycles. The first-order valence-corrected chi connectivity index (χ1v) is 11.1. The first-order valence-electron chi connectivity index (χ1n) is 11.1. The van der Waals surface area contributed by atoms with E-state index in [1.54, 1.807) is 6.07 Å². The predicted molar refractivity (Wildman–Crippen MR) is 111 cm³/mol. The van der Waals surface area contributed by atoms with Crippen LogP contribution in [0.5, 0.6) is 0 Å². The number of rotatable bonds is 5. The minimum Gasteiger partial charge on any atom is -0.381 e. The van der Waals surface area contributed by atoms with Crippen LogP contribution in [0.4, 0.5) is 19.0 Å². The Kier molecular flexibility index (Phi) is 5.84. The maximum atomic E-state index is 14.0. The number of hydrogen-bond donors (Lipinski definition) is 1. The average Bonchev–Trinajstić information content (AvgIpc) is 3.30. The highest BCUT2D eigenvalue weighted by Gasteiger charge is 2.41. The van der Waals surface area contributed by atoms with Crippen molar-refractivity contribution in [2.45, 2.75) is 31.7 Å². The summed E-state index contributed by atoms with van der Waals surface area (Å²) in [5.74, 6) is -0.423. The van der Waals surface area contributed by atoms with Crippen molar-refractivity contribution in [3.05, 3.63) is 41.7 Å². The van der Waals surface area contributed by atoms with Gasteiger partial charge in [0.2, 0.25) is 0 Å². The van der Waals surface area contributed by atoms with E-state index in [1.807, 2.05) is 0 Å². The summed E-state index contributed by atoms with van der Waals surface area (Å²) in [6, 6.07) is 5.02. The first-order chi connectivity index (χ1) is 15.0. The van der Waals surface area contributed by atoms with Gasteiger partial charge in [0.25, 0.3) is 0 Å². The predicted octanol–water partition coefficient (Wildman–Crippen LogP) is 4.11. The van der Waals surface area contributed by atoms with Crippen LogP contribution in [0, 0.1) is 35.2 Å². The standard InChI is InChI=1S/C23H27F3N4O/c24-17-9-19(23(26)20(25)10-17)21-1-2-22(29-28-21)27-18-7-15-12-30(13-16(15)8-18)11-14-3-5-31-6-4-14/h1-2,9-10,14-16,18H,3-8,11-13H2,(H,27,29)/t15-,16+,18+. The highest BCUT2D eigenvalue weighted by atomic mass is 19.2. The minimum atomic E-state index is -1.23. The molecule has 5 nitrogen and oxygen atoms in total. The van der Waals surface area contributed by atoms with Crippen molar-refractivity contribution in [1.82, 2.24) is 15.1 Å². The van der Waals surface area contributed by atoms with Crippen LogP contribution in [-0.4, -0.2) is 54.0 Å². The van der Waals surface area contributed by atoms with Crippen molar-refractivity contribution in [2.24, 2.45) is 17.8 Å². The molecule has 2 aromatic rings. The smallest absolute Gasteiger partial charge is 0.168 e. The molecule has 8 heteroatoms. The van der Waals surface area contributed by atoms with Crippen LogP contribution in [0.1, 0.15) is 25.7 Å². The van der Waals surface area contributed by atoms with E-state index < -0.39 is 17.5 Å². The summed E-state index contributed by atoms with van der Waals surface area (Å²) < 4.78 is 46.3. The van der Waals surface area contributed by atoms with Crippen molar-refractivity contribution in [1.29, 1.82) is 0 Å². The van der Waals surface area contributed by atoms with E-state index in [2.05, 4.69) is 20.4 Å². The van der Waals surface area contributed by atoms with Gasteiger partial charge in [-0.15, -0.1) is 10.2 Å². The number of nitrogens with zero attached hydrogens (tertiary/aromatic N) is 3. The van der Waals surface area contributed by atoms with E-state index in [0.29, 0.717) is 29.8 Å². The third kappa shape index (κ3) is 4.55. The van der Waals surface area contributed by atoms with Gasteiger partial charge in [-0.1, -0.05) is 0 Å². The third-order valence-corrected chi connectivity index (χ3v) is 6.97. The topological polar surface area (TPSA) is 50.3 Å². The zero-order valence-electron chi connectivity index (χ0n) is 17.4. The molecule has 2 saturated heterocycles. The molecule has 3 fully saturated rings. The third-order valence-electron chi connectivity index (χ3n) is 6.97. The summed E-state index contributed by atoms with van der Waals surface area (Å²) >= 11 is 0. The summed E-state index contributed by atoms with van der Waals surface area (Å²) in [5, 5.41) is 11.5. The van der Waals surface area contributed by atoms with Crippen molar-refractivity contribution in [3.8, 4) is 11.3 Å². The summed E-state index contributed by atoms with van der Waals surface area (Å²) in [7, 11) is 0. The van der Waals surface area contributed by atoms with Gasteiger partial charge >= 0.3 is 0 Å². The first kappa shape index (κ1) is 20.7. The van der Waals surface area contributed by atoms with E-state index >= 15 is 0 Å². The van der Waals surface area contributed by atoms with Gasteiger partial charge in [0.05, 0.1) is 5.69 Å². The summed E-state index contributed by atoms with van der Waals surface area (Å²) in [4.78, 5) is 2.63. The molecule has 1 aromatic heterocycles. The number of anilines is 1. The minimum absolute atomic E-state index is 0.105. The van der Waals surface area contributed by atoms with Gasteiger partial charge in [0.1, 0.15) is 11.6 Å². The lowest BCUT2D eigenvalue weighted by Gasteiger charge is -2.27. The second-order valence-corrected chi connectivity index (χ2v) is 9.16. The van der Waals surface area contributed by atoms with Crippen LogP contribution in [-0.2, 0) is 4.74 Å². The van der Waals surface area contributed by atoms with Gasteiger partial charge in [-0.3, -0.25) is 0 Å². The lowest BCUT2D eigenvalue weighted by atomic mass is 10.00. The number of ether oxygens (including phenoxy) is 1. The molecule has 166 valence electrons. The molecule has 0 radical (unpaired) electrons. The Bertz CT molecular complexity index is 906. The number of likely N-dealkylation sites (tertiary alicyclic amines) is 1. The normalized spacial score (nSPS) is 26.9. The van der Waals surface area contributed by atoms with Crippen molar-refractivity contribution >= 4 is 5.82 Å². The fraction of sp³-hybridized carbons (Fsp3) is 0.565. The quantitative estimate of drug-likeness (QED) is 0.721. The Balaban J connectivity index is 1.16. The number of aromatic nitrogens is 2. The van der Waals surface area contributed by atoms with Crippen molar-refractivity contribution < 1.29 is 17.9 Å². The molecule has 0 amide bonds. The summed E-state index contributed by atoms with van der Waals surface area (Å²) in [6.45, 7) is 5.32.